The van der Waals surface area contributed by atoms with Crippen molar-refractivity contribution in [2.75, 3.05) is 6.54 Å². The normalized spacial score (nSPS) is 15.5. The Kier molecular flexibility index (Phi) is 5.70. The van der Waals surface area contributed by atoms with Crippen LogP contribution in [0.2, 0.25) is 0 Å². The molecule has 0 unspecified atom stereocenters. The number of benzene rings is 1. The second-order valence-electron chi connectivity index (χ2n) is 5.81. The van der Waals surface area contributed by atoms with Gasteiger partial charge in [0.05, 0.1) is 0 Å². The van der Waals surface area contributed by atoms with Crippen LogP contribution in [0.15, 0.2) is 24.3 Å². The predicted octanol–water partition coefficient (Wildman–Crippen LogP) is 4.12. The first kappa shape index (κ1) is 14.2. The molecular weight excluding hydrogens is 206 g/mol. The highest BCUT2D eigenvalue weighted by Gasteiger charge is 2.16. The van der Waals surface area contributed by atoms with E-state index in [0.717, 1.165) is 12.5 Å². The van der Waals surface area contributed by atoms with E-state index in [1.807, 2.05) is 0 Å². The van der Waals surface area contributed by atoms with Crippen LogP contribution >= 0.6 is 0 Å². The van der Waals surface area contributed by atoms with Crippen molar-refractivity contribution in [1.29, 1.82) is 0 Å². The lowest BCUT2D eigenvalue weighted by atomic mass is 9.99. The van der Waals surface area contributed by atoms with Crippen LogP contribution in [0.25, 0.3) is 0 Å². The minimum atomic E-state index is 0.674. The van der Waals surface area contributed by atoms with E-state index in [-0.39, 0.29) is 0 Å². The predicted molar refractivity (Wildman–Crippen MR) is 76.2 cm³/mol. The Hall–Kier alpha value is -0.820. The quantitative estimate of drug-likeness (QED) is 0.705. The van der Waals surface area contributed by atoms with E-state index in [0.29, 0.717) is 6.04 Å². The molecule has 0 radical (unpaired) electrons. The van der Waals surface area contributed by atoms with E-state index in [2.05, 4.69) is 63.8 Å². The first-order valence-corrected chi connectivity index (χ1v) is 6.81. The number of hydrogen-bond acceptors (Lipinski definition) is 1. The van der Waals surface area contributed by atoms with Gasteiger partial charge in [0.1, 0.15) is 0 Å². The fourth-order valence-electron chi connectivity index (χ4n) is 1.96. The summed E-state index contributed by atoms with van der Waals surface area (Å²) in [4.78, 5) is 2.53. The van der Waals surface area contributed by atoms with E-state index in [4.69, 9.17) is 0 Å². The van der Waals surface area contributed by atoms with Crippen LogP contribution in [0.3, 0.4) is 0 Å². The molecule has 1 heterocycles. The van der Waals surface area contributed by atoms with Gasteiger partial charge in [-0.1, -0.05) is 45.0 Å². The molecule has 1 aromatic carbocycles. The maximum Gasteiger partial charge on any atom is 0.0239 e. The van der Waals surface area contributed by atoms with Gasteiger partial charge in [-0.2, -0.15) is 0 Å². The molecule has 0 saturated heterocycles. The summed E-state index contributed by atoms with van der Waals surface area (Å²) in [7, 11) is 0. The zero-order valence-electron chi connectivity index (χ0n) is 12.0. The Morgan fingerprint density at radius 2 is 1.47 bits per heavy atom. The van der Waals surface area contributed by atoms with Crippen LogP contribution in [0.5, 0.6) is 0 Å². The highest BCUT2D eigenvalue weighted by molar-refractivity contribution is 5.29. The van der Waals surface area contributed by atoms with Gasteiger partial charge in [-0.15, -0.1) is 0 Å². The third-order valence-electron chi connectivity index (χ3n) is 2.89. The largest absolute Gasteiger partial charge is 0.296 e. The van der Waals surface area contributed by atoms with Gasteiger partial charge in [0.2, 0.25) is 0 Å². The molecule has 1 aliphatic heterocycles. The zero-order chi connectivity index (χ0) is 12.8. The van der Waals surface area contributed by atoms with E-state index < -0.39 is 0 Å². The Morgan fingerprint density at radius 1 is 0.941 bits per heavy atom. The van der Waals surface area contributed by atoms with Crippen molar-refractivity contribution in [3.63, 3.8) is 0 Å². The molecule has 0 bridgehead atoms. The minimum absolute atomic E-state index is 0.674. The summed E-state index contributed by atoms with van der Waals surface area (Å²) in [6.45, 7) is 13.4. The highest BCUT2D eigenvalue weighted by atomic mass is 15.1. The monoisotopic (exact) mass is 233 g/mol. The van der Waals surface area contributed by atoms with E-state index in [1.54, 1.807) is 5.56 Å². The van der Waals surface area contributed by atoms with Gasteiger partial charge in [0.15, 0.2) is 0 Å². The maximum atomic E-state index is 2.53. The molecule has 1 aromatic rings. The molecule has 96 valence electrons. The lowest BCUT2D eigenvalue weighted by Gasteiger charge is -2.31. The second-order valence-corrected chi connectivity index (χ2v) is 5.81. The number of nitrogens with zero attached hydrogens (tertiary/aromatic N) is 1. The third-order valence-corrected chi connectivity index (χ3v) is 2.89. The average molecular weight is 233 g/mol. The summed E-state index contributed by atoms with van der Waals surface area (Å²) < 4.78 is 0. The standard InChI is InChI=1S/C12H17N.C4H10/c1-10(2)13-8-7-11-5-3-4-6-12(11)9-13;1-4(2)3/h3-6,10H,7-9H2,1-2H3;4H,1-3H3. The zero-order valence-corrected chi connectivity index (χ0v) is 12.0. The first-order chi connectivity index (χ1) is 8.00. The smallest absolute Gasteiger partial charge is 0.0239 e. The van der Waals surface area contributed by atoms with Crippen LogP contribution in [0.4, 0.5) is 0 Å². The molecule has 0 spiro atoms. The van der Waals surface area contributed by atoms with Gasteiger partial charge in [-0.3, -0.25) is 4.90 Å². The van der Waals surface area contributed by atoms with E-state index in [9.17, 15) is 0 Å². The number of rotatable bonds is 1. The molecule has 0 atom stereocenters. The fraction of sp³-hybridized carbons (Fsp3) is 0.625. The average Bonchev–Trinajstić information content (AvgIpc) is 2.27. The topological polar surface area (TPSA) is 3.24 Å². The van der Waals surface area contributed by atoms with Crippen LogP contribution in [-0.4, -0.2) is 17.5 Å². The Bertz CT molecular complexity index is 325. The summed E-state index contributed by atoms with van der Waals surface area (Å²) in [5.74, 6) is 0.833. The van der Waals surface area contributed by atoms with Crippen molar-refractivity contribution in [1.82, 2.24) is 4.90 Å². The summed E-state index contributed by atoms with van der Waals surface area (Å²) in [6.07, 6.45) is 1.22. The molecule has 0 fully saturated rings. The van der Waals surface area contributed by atoms with Crippen LogP contribution in [-0.2, 0) is 13.0 Å². The van der Waals surface area contributed by atoms with Gasteiger partial charge >= 0.3 is 0 Å². The van der Waals surface area contributed by atoms with Crippen LogP contribution in [0, 0.1) is 5.92 Å². The lowest BCUT2D eigenvalue weighted by molar-refractivity contribution is 0.203. The van der Waals surface area contributed by atoms with Gasteiger partial charge in [0.25, 0.3) is 0 Å². The van der Waals surface area contributed by atoms with Crippen molar-refractivity contribution < 1.29 is 0 Å². The number of hydrogen-bond donors (Lipinski definition) is 0. The van der Waals surface area contributed by atoms with Crippen LogP contribution in [0.1, 0.15) is 45.7 Å². The Morgan fingerprint density at radius 3 is 2.00 bits per heavy atom. The van der Waals surface area contributed by atoms with Crippen molar-refractivity contribution >= 4 is 0 Å². The molecule has 1 aliphatic rings. The summed E-state index contributed by atoms with van der Waals surface area (Å²) in [6, 6.07) is 9.47. The van der Waals surface area contributed by atoms with Gasteiger partial charge in [-0.25, -0.2) is 0 Å². The molecule has 0 N–H and O–H groups in total. The van der Waals surface area contributed by atoms with Crippen molar-refractivity contribution in [3.05, 3.63) is 35.4 Å². The second kappa shape index (κ2) is 6.80. The Labute approximate surface area is 107 Å². The maximum absolute atomic E-state index is 2.53. The van der Waals surface area contributed by atoms with Crippen molar-refractivity contribution in [2.24, 2.45) is 5.92 Å². The van der Waals surface area contributed by atoms with Gasteiger partial charge in [-0.05, 0) is 37.3 Å². The number of fused-ring (bicyclic) bond motifs is 1. The van der Waals surface area contributed by atoms with Crippen molar-refractivity contribution in [2.45, 2.75) is 53.6 Å². The molecule has 0 aliphatic carbocycles. The summed E-state index contributed by atoms with van der Waals surface area (Å²) in [5.41, 5.74) is 3.06. The summed E-state index contributed by atoms with van der Waals surface area (Å²) in [5, 5.41) is 0. The molecule has 2 rings (SSSR count). The van der Waals surface area contributed by atoms with Gasteiger partial charge in [0, 0.05) is 19.1 Å². The molecule has 0 aromatic heterocycles. The third kappa shape index (κ3) is 4.91. The Balaban J connectivity index is 0.000000317. The molecule has 17 heavy (non-hydrogen) atoms. The van der Waals surface area contributed by atoms with E-state index >= 15 is 0 Å². The molecule has 0 amide bonds. The molecular formula is C16H27N. The van der Waals surface area contributed by atoms with Crippen molar-refractivity contribution in [3.8, 4) is 0 Å². The SMILES string of the molecule is CC(C)C.CC(C)N1CCc2ccccc2C1. The molecule has 1 nitrogen and oxygen atoms in total. The molecule has 0 saturated carbocycles. The van der Waals surface area contributed by atoms with Crippen LogP contribution < -0.4 is 0 Å². The highest BCUT2D eigenvalue weighted by Crippen LogP contribution is 2.19. The molecule has 1 heteroatoms. The first-order valence-electron chi connectivity index (χ1n) is 6.81. The fourth-order valence-corrected chi connectivity index (χ4v) is 1.96. The summed E-state index contributed by atoms with van der Waals surface area (Å²) >= 11 is 0. The van der Waals surface area contributed by atoms with E-state index in [1.165, 1.54) is 18.5 Å². The van der Waals surface area contributed by atoms with Gasteiger partial charge < -0.3 is 0 Å². The lowest BCUT2D eigenvalue weighted by Crippen LogP contribution is -2.35. The minimum Gasteiger partial charge on any atom is -0.296 e.